The van der Waals surface area contributed by atoms with Crippen LogP contribution < -0.4 is 15.4 Å². The van der Waals surface area contributed by atoms with Crippen molar-refractivity contribution in [1.82, 2.24) is 0 Å². The predicted molar refractivity (Wildman–Crippen MR) is 102 cm³/mol. The third-order valence-electron chi connectivity index (χ3n) is 5.26. The molecule has 5 nitrogen and oxygen atoms in total. The molecule has 4 rings (SSSR count). The van der Waals surface area contributed by atoms with Crippen molar-refractivity contribution in [2.45, 2.75) is 12.7 Å². The van der Waals surface area contributed by atoms with E-state index in [-0.39, 0.29) is 5.75 Å². The maximum atomic E-state index is 13.0. The molecular formula is C21H20F3N2O3+. The van der Waals surface area contributed by atoms with Gasteiger partial charge in [0.2, 0.25) is 0 Å². The Kier molecular flexibility index (Phi) is 4.96. The fourth-order valence-corrected chi connectivity index (χ4v) is 3.77. The number of rotatable bonds is 3. The number of hydrogen-bond acceptors (Lipinski definition) is 4. The number of benzene rings is 2. The summed E-state index contributed by atoms with van der Waals surface area (Å²) in [5.41, 5.74) is 0.629. The predicted octanol–water partition coefficient (Wildman–Crippen LogP) is 2.42. The molecule has 1 fully saturated rings. The summed E-state index contributed by atoms with van der Waals surface area (Å²) < 4.78 is 44.0. The van der Waals surface area contributed by atoms with Gasteiger partial charge in [0.15, 0.2) is 0 Å². The summed E-state index contributed by atoms with van der Waals surface area (Å²) in [5.74, 6) is 0.0276. The number of aromatic hydroxyl groups is 1. The van der Waals surface area contributed by atoms with E-state index in [1.165, 1.54) is 29.2 Å². The van der Waals surface area contributed by atoms with Gasteiger partial charge in [-0.15, -0.1) is 0 Å². The Bertz CT molecular complexity index is 1090. The molecule has 0 aliphatic carbocycles. The number of halogens is 3. The van der Waals surface area contributed by atoms with Gasteiger partial charge in [-0.25, -0.2) is 4.79 Å². The summed E-state index contributed by atoms with van der Waals surface area (Å²) in [6.45, 7) is 3.31. The molecule has 1 aliphatic rings. The van der Waals surface area contributed by atoms with Crippen LogP contribution in [0.5, 0.6) is 5.75 Å². The molecule has 0 atom stereocenters. The first-order valence-electron chi connectivity index (χ1n) is 9.31. The van der Waals surface area contributed by atoms with E-state index in [1.807, 2.05) is 4.90 Å². The molecular weight excluding hydrogens is 385 g/mol. The van der Waals surface area contributed by atoms with E-state index in [0.717, 1.165) is 30.1 Å². The number of piperazine rings is 1. The van der Waals surface area contributed by atoms with Crippen LogP contribution in [-0.4, -0.2) is 31.3 Å². The van der Waals surface area contributed by atoms with Crippen LogP contribution in [0.3, 0.4) is 0 Å². The second kappa shape index (κ2) is 7.44. The van der Waals surface area contributed by atoms with Crippen molar-refractivity contribution < 1.29 is 27.6 Å². The highest BCUT2D eigenvalue weighted by molar-refractivity contribution is 5.81. The van der Waals surface area contributed by atoms with Gasteiger partial charge in [0.1, 0.15) is 17.9 Å². The van der Waals surface area contributed by atoms with Crippen molar-refractivity contribution in [3.8, 4) is 5.75 Å². The summed E-state index contributed by atoms with van der Waals surface area (Å²) in [4.78, 5) is 15.0. The molecule has 1 aromatic heterocycles. The van der Waals surface area contributed by atoms with Gasteiger partial charge in [0, 0.05) is 28.8 Å². The second-order valence-corrected chi connectivity index (χ2v) is 7.23. The van der Waals surface area contributed by atoms with Crippen LogP contribution in [0.15, 0.2) is 57.7 Å². The highest BCUT2D eigenvalue weighted by atomic mass is 19.4. The number of quaternary nitrogens is 1. The summed E-state index contributed by atoms with van der Waals surface area (Å²) in [5, 5.41) is 10.4. The molecule has 3 aromatic rings. The topological polar surface area (TPSA) is 58.1 Å². The van der Waals surface area contributed by atoms with Crippen LogP contribution in [0.1, 0.15) is 11.1 Å². The van der Waals surface area contributed by atoms with Gasteiger partial charge >= 0.3 is 11.8 Å². The molecule has 0 radical (unpaired) electrons. The molecule has 0 bridgehead atoms. The number of hydrogen-bond donors (Lipinski definition) is 2. The first-order chi connectivity index (χ1) is 13.8. The van der Waals surface area contributed by atoms with Crippen molar-refractivity contribution in [3.63, 3.8) is 0 Å². The van der Waals surface area contributed by atoms with E-state index >= 15 is 0 Å². The molecule has 1 aliphatic heterocycles. The number of phenols is 1. The summed E-state index contributed by atoms with van der Waals surface area (Å²) in [7, 11) is 0. The van der Waals surface area contributed by atoms with Gasteiger partial charge in [-0.05, 0) is 30.3 Å². The van der Waals surface area contributed by atoms with Crippen LogP contribution in [0, 0.1) is 0 Å². The molecule has 2 heterocycles. The Labute approximate surface area is 164 Å². The third kappa shape index (κ3) is 4.22. The van der Waals surface area contributed by atoms with E-state index in [4.69, 9.17) is 4.42 Å². The fraction of sp³-hybridized carbons (Fsp3) is 0.286. The average molecular weight is 405 g/mol. The minimum atomic E-state index is -4.35. The zero-order chi connectivity index (χ0) is 20.6. The van der Waals surface area contributed by atoms with Crippen molar-refractivity contribution in [2.24, 2.45) is 0 Å². The largest absolute Gasteiger partial charge is 0.508 e. The molecule has 0 amide bonds. The number of phenolic OH excluding ortho intramolecular Hbond substituents is 1. The maximum absolute atomic E-state index is 13.0. The highest BCUT2D eigenvalue weighted by Crippen LogP contribution is 2.31. The monoisotopic (exact) mass is 405 g/mol. The lowest BCUT2D eigenvalue weighted by Gasteiger charge is -2.34. The van der Waals surface area contributed by atoms with Crippen LogP contribution >= 0.6 is 0 Å². The third-order valence-corrected chi connectivity index (χ3v) is 5.26. The van der Waals surface area contributed by atoms with Crippen LogP contribution in [0.2, 0.25) is 0 Å². The van der Waals surface area contributed by atoms with E-state index in [1.54, 1.807) is 18.2 Å². The molecule has 2 N–H and O–H groups in total. The molecule has 0 saturated carbocycles. The zero-order valence-electron chi connectivity index (χ0n) is 15.5. The lowest BCUT2D eigenvalue weighted by atomic mass is 10.1. The Morgan fingerprint density at radius 2 is 1.83 bits per heavy atom. The minimum Gasteiger partial charge on any atom is -0.508 e. The van der Waals surface area contributed by atoms with Crippen molar-refractivity contribution >= 4 is 16.7 Å². The lowest BCUT2D eigenvalue weighted by Crippen LogP contribution is -3.13. The average Bonchev–Trinajstić information content (AvgIpc) is 2.67. The normalized spacial score (nSPS) is 15.8. The summed E-state index contributed by atoms with van der Waals surface area (Å²) in [6, 6.07) is 11.5. The fourth-order valence-electron chi connectivity index (χ4n) is 3.77. The molecule has 1 saturated heterocycles. The SMILES string of the molecule is O=c1cc(C[NH+]2CCN(c3cccc(C(F)(F)F)c3)CC2)c2ccc(O)cc2o1. The van der Waals surface area contributed by atoms with Crippen molar-refractivity contribution in [3.05, 3.63) is 70.1 Å². The van der Waals surface area contributed by atoms with Gasteiger partial charge in [0.05, 0.1) is 31.7 Å². The molecule has 8 heteroatoms. The first kappa shape index (κ1) is 19.3. The lowest BCUT2D eigenvalue weighted by molar-refractivity contribution is -0.914. The van der Waals surface area contributed by atoms with E-state index < -0.39 is 17.4 Å². The van der Waals surface area contributed by atoms with Crippen LogP contribution in [-0.2, 0) is 12.7 Å². The number of nitrogens with one attached hydrogen (secondary N) is 1. The van der Waals surface area contributed by atoms with E-state index in [9.17, 15) is 23.1 Å². The van der Waals surface area contributed by atoms with Gasteiger partial charge in [-0.3, -0.25) is 0 Å². The van der Waals surface area contributed by atoms with E-state index in [2.05, 4.69) is 0 Å². The number of fused-ring (bicyclic) bond motifs is 1. The van der Waals surface area contributed by atoms with Crippen LogP contribution in [0.25, 0.3) is 11.0 Å². The highest BCUT2D eigenvalue weighted by Gasteiger charge is 2.31. The summed E-state index contributed by atoms with van der Waals surface area (Å²) in [6.07, 6.45) is -4.35. The molecule has 0 spiro atoms. The van der Waals surface area contributed by atoms with Crippen molar-refractivity contribution in [1.29, 1.82) is 0 Å². The number of anilines is 1. The molecule has 29 heavy (non-hydrogen) atoms. The Hall–Kier alpha value is -3.00. The molecule has 2 aromatic carbocycles. The van der Waals surface area contributed by atoms with Gasteiger partial charge in [-0.1, -0.05) is 6.07 Å². The number of nitrogens with zero attached hydrogens (tertiary/aromatic N) is 1. The standard InChI is InChI=1S/C21H19F3N2O3/c22-21(23,24)15-2-1-3-16(11-15)26-8-6-25(7-9-26)13-14-10-20(28)29-19-12-17(27)4-5-18(14)19/h1-5,10-12,27H,6-9,13H2/p+1. The Morgan fingerprint density at radius 1 is 1.07 bits per heavy atom. The Balaban J connectivity index is 1.47. The minimum absolute atomic E-state index is 0.0276. The Morgan fingerprint density at radius 3 is 2.55 bits per heavy atom. The van der Waals surface area contributed by atoms with Gasteiger partial charge < -0.3 is 19.3 Å². The van der Waals surface area contributed by atoms with Gasteiger partial charge in [0.25, 0.3) is 0 Å². The summed E-state index contributed by atoms with van der Waals surface area (Å²) >= 11 is 0. The quantitative estimate of drug-likeness (QED) is 0.658. The van der Waals surface area contributed by atoms with Crippen molar-refractivity contribution in [2.75, 3.05) is 31.1 Å². The first-order valence-corrected chi connectivity index (χ1v) is 9.31. The van der Waals surface area contributed by atoms with Gasteiger partial charge in [-0.2, -0.15) is 13.2 Å². The molecule has 152 valence electrons. The van der Waals surface area contributed by atoms with E-state index in [0.29, 0.717) is 30.9 Å². The molecule has 0 unspecified atom stereocenters. The number of alkyl halides is 3. The van der Waals surface area contributed by atoms with Crippen LogP contribution in [0.4, 0.5) is 18.9 Å². The second-order valence-electron chi connectivity index (χ2n) is 7.23. The zero-order valence-corrected chi connectivity index (χ0v) is 15.5. The smallest absolute Gasteiger partial charge is 0.416 e. The maximum Gasteiger partial charge on any atom is 0.416 e.